The summed E-state index contributed by atoms with van der Waals surface area (Å²) in [5.74, 6) is -0.899. The largest absolute Gasteiger partial charge is 0.480 e. The number of carboxylic acids is 1. The SMILES string of the molecule is Cc1ccccc1Cn1nc(CN[C@H](Cc2c[nH]c3ccccc23)C(=O)O)c(-c2ccccc2)n1. The molecule has 1 atom stereocenters. The third-order valence-electron chi connectivity index (χ3n) is 6.26. The Balaban J connectivity index is 1.40. The predicted molar refractivity (Wildman–Crippen MR) is 136 cm³/mol. The Labute approximate surface area is 203 Å². The fourth-order valence-electron chi connectivity index (χ4n) is 4.32. The molecule has 0 aliphatic carbocycles. The first-order valence-corrected chi connectivity index (χ1v) is 11.6. The molecule has 5 rings (SSSR count). The number of aromatic nitrogens is 4. The number of benzene rings is 3. The van der Waals surface area contributed by atoms with Gasteiger partial charge in [0.15, 0.2) is 0 Å². The zero-order valence-electron chi connectivity index (χ0n) is 19.5. The minimum Gasteiger partial charge on any atom is -0.480 e. The van der Waals surface area contributed by atoms with Crippen molar-refractivity contribution in [2.45, 2.75) is 32.5 Å². The van der Waals surface area contributed by atoms with Gasteiger partial charge in [0, 0.05) is 35.6 Å². The van der Waals surface area contributed by atoms with E-state index < -0.39 is 12.0 Å². The Morgan fingerprint density at radius 1 is 0.971 bits per heavy atom. The van der Waals surface area contributed by atoms with E-state index in [1.807, 2.05) is 72.9 Å². The molecule has 2 aromatic heterocycles. The van der Waals surface area contributed by atoms with E-state index in [9.17, 15) is 9.90 Å². The maximum atomic E-state index is 12.1. The zero-order chi connectivity index (χ0) is 24.2. The summed E-state index contributed by atoms with van der Waals surface area (Å²) in [5, 5.41) is 23.7. The van der Waals surface area contributed by atoms with Crippen molar-refractivity contribution in [3.05, 3.63) is 107 Å². The molecule has 0 amide bonds. The highest BCUT2D eigenvalue weighted by atomic mass is 16.4. The molecular formula is C28H27N5O2. The molecular weight excluding hydrogens is 438 g/mol. The second kappa shape index (κ2) is 9.95. The maximum absolute atomic E-state index is 12.1. The molecule has 0 saturated carbocycles. The van der Waals surface area contributed by atoms with Gasteiger partial charge in [-0.15, -0.1) is 0 Å². The van der Waals surface area contributed by atoms with Crippen molar-refractivity contribution < 1.29 is 9.90 Å². The van der Waals surface area contributed by atoms with E-state index in [0.29, 0.717) is 13.0 Å². The van der Waals surface area contributed by atoms with Gasteiger partial charge in [-0.3, -0.25) is 10.1 Å². The molecule has 3 N–H and O–H groups in total. The summed E-state index contributed by atoms with van der Waals surface area (Å²) in [7, 11) is 0. The van der Waals surface area contributed by atoms with E-state index in [1.165, 1.54) is 5.56 Å². The predicted octanol–water partition coefficient (Wildman–Crippen LogP) is 4.57. The van der Waals surface area contributed by atoms with Gasteiger partial charge in [-0.1, -0.05) is 72.8 Å². The number of H-pyrrole nitrogens is 1. The van der Waals surface area contributed by atoms with Gasteiger partial charge in [0.1, 0.15) is 17.4 Å². The van der Waals surface area contributed by atoms with E-state index >= 15 is 0 Å². The number of carbonyl (C=O) groups is 1. The number of carboxylic acid groups (broad SMARTS) is 1. The highest BCUT2D eigenvalue weighted by Crippen LogP contribution is 2.22. The second-order valence-corrected chi connectivity index (χ2v) is 8.65. The highest BCUT2D eigenvalue weighted by Gasteiger charge is 2.21. The normalized spacial score (nSPS) is 12.1. The number of aromatic amines is 1. The third kappa shape index (κ3) is 5.00. The summed E-state index contributed by atoms with van der Waals surface area (Å²) in [6.45, 7) is 2.91. The fourth-order valence-corrected chi connectivity index (χ4v) is 4.32. The van der Waals surface area contributed by atoms with Gasteiger partial charge in [-0.2, -0.15) is 15.0 Å². The van der Waals surface area contributed by atoms with E-state index in [0.717, 1.165) is 39.0 Å². The number of nitrogens with zero attached hydrogens (tertiary/aromatic N) is 3. The van der Waals surface area contributed by atoms with Crippen LogP contribution in [-0.4, -0.2) is 37.1 Å². The number of para-hydroxylation sites is 1. The molecule has 2 heterocycles. The van der Waals surface area contributed by atoms with Crippen LogP contribution in [0.25, 0.3) is 22.2 Å². The van der Waals surface area contributed by atoms with Crippen LogP contribution in [0.1, 0.15) is 22.4 Å². The molecule has 7 nitrogen and oxygen atoms in total. The molecule has 0 unspecified atom stereocenters. The lowest BCUT2D eigenvalue weighted by Crippen LogP contribution is -2.38. The van der Waals surface area contributed by atoms with Crippen LogP contribution >= 0.6 is 0 Å². The number of hydrogen-bond acceptors (Lipinski definition) is 4. The van der Waals surface area contributed by atoms with Crippen molar-refractivity contribution in [3.63, 3.8) is 0 Å². The summed E-state index contributed by atoms with van der Waals surface area (Å²) < 4.78 is 0. The lowest BCUT2D eigenvalue weighted by molar-refractivity contribution is -0.139. The molecule has 3 aromatic carbocycles. The standard InChI is InChI=1S/C28H27N5O2/c1-19-9-5-6-12-21(19)18-33-31-26(27(32-33)20-10-3-2-4-11-20)17-30-25(28(34)35)15-22-16-29-24-14-8-7-13-23(22)24/h2-14,16,25,29-30H,15,17-18H2,1H3,(H,34,35)/t25-/m1/s1. The van der Waals surface area contributed by atoms with E-state index in [2.05, 4.69) is 29.4 Å². The van der Waals surface area contributed by atoms with Crippen LogP contribution in [0.15, 0.2) is 85.1 Å². The summed E-state index contributed by atoms with van der Waals surface area (Å²) in [4.78, 5) is 17.0. The van der Waals surface area contributed by atoms with Crippen LogP contribution in [0.4, 0.5) is 0 Å². The summed E-state index contributed by atoms with van der Waals surface area (Å²) in [5.41, 5.74) is 6.70. The van der Waals surface area contributed by atoms with Gasteiger partial charge < -0.3 is 10.1 Å². The molecule has 0 saturated heterocycles. The number of rotatable bonds is 9. The van der Waals surface area contributed by atoms with Crippen molar-refractivity contribution >= 4 is 16.9 Å². The average molecular weight is 466 g/mol. The number of aryl methyl sites for hydroxylation is 1. The quantitative estimate of drug-likeness (QED) is 0.296. The Morgan fingerprint density at radius 2 is 1.71 bits per heavy atom. The van der Waals surface area contributed by atoms with Crippen LogP contribution < -0.4 is 5.32 Å². The first-order chi connectivity index (χ1) is 17.1. The lowest BCUT2D eigenvalue weighted by atomic mass is 10.0. The number of nitrogens with one attached hydrogen (secondary N) is 2. The van der Waals surface area contributed by atoms with E-state index in [-0.39, 0.29) is 6.54 Å². The van der Waals surface area contributed by atoms with Crippen LogP contribution in [0.3, 0.4) is 0 Å². The number of fused-ring (bicyclic) bond motifs is 1. The first-order valence-electron chi connectivity index (χ1n) is 11.6. The number of hydrogen-bond donors (Lipinski definition) is 3. The van der Waals surface area contributed by atoms with E-state index in [1.54, 1.807) is 4.80 Å². The fraction of sp³-hybridized carbons (Fsp3) is 0.179. The smallest absolute Gasteiger partial charge is 0.321 e. The maximum Gasteiger partial charge on any atom is 0.321 e. The van der Waals surface area contributed by atoms with Gasteiger partial charge in [0.25, 0.3) is 0 Å². The van der Waals surface area contributed by atoms with Crippen molar-refractivity contribution in [3.8, 4) is 11.3 Å². The molecule has 7 heteroatoms. The molecule has 0 spiro atoms. The van der Waals surface area contributed by atoms with Gasteiger partial charge in [0.2, 0.25) is 0 Å². The monoisotopic (exact) mass is 465 g/mol. The van der Waals surface area contributed by atoms with Crippen molar-refractivity contribution in [1.82, 2.24) is 25.3 Å². The van der Waals surface area contributed by atoms with E-state index in [4.69, 9.17) is 10.2 Å². The molecule has 0 bridgehead atoms. The third-order valence-corrected chi connectivity index (χ3v) is 6.26. The number of aliphatic carboxylic acids is 1. The molecule has 5 aromatic rings. The average Bonchev–Trinajstić information content (AvgIpc) is 3.47. The Hall–Kier alpha value is -4.23. The second-order valence-electron chi connectivity index (χ2n) is 8.65. The minimum absolute atomic E-state index is 0.289. The van der Waals surface area contributed by atoms with Crippen LogP contribution in [-0.2, 0) is 24.3 Å². The van der Waals surface area contributed by atoms with Crippen molar-refractivity contribution in [2.24, 2.45) is 0 Å². The summed E-state index contributed by atoms with van der Waals surface area (Å²) in [6.07, 6.45) is 2.24. The molecule has 35 heavy (non-hydrogen) atoms. The molecule has 0 aliphatic heterocycles. The lowest BCUT2D eigenvalue weighted by Gasteiger charge is -2.13. The summed E-state index contributed by atoms with van der Waals surface area (Å²) >= 11 is 0. The van der Waals surface area contributed by atoms with Crippen LogP contribution in [0.5, 0.6) is 0 Å². The Kier molecular flexibility index (Phi) is 6.41. The van der Waals surface area contributed by atoms with Gasteiger partial charge in [0.05, 0.1) is 6.54 Å². The molecule has 0 radical (unpaired) electrons. The van der Waals surface area contributed by atoms with Crippen molar-refractivity contribution in [2.75, 3.05) is 0 Å². The van der Waals surface area contributed by atoms with Crippen LogP contribution in [0.2, 0.25) is 0 Å². The zero-order valence-corrected chi connectivity index (χ0v) is 19.5. The first kappa shape index (κ1) is 22.6. The molecule has 0 aliphatic rings. The van der Waals surface area contributed by atoms with Gasteiger partial charge in [-0.25, -0.2) is 0 Å². The molecule has 176 valence electrons. The van der Waals surface area contributed by atoms with Gasteiger partial charge >= 0.3 is 5.97 Å². The minimum atomic E-state index is -0.899. The Morgan fingerprint density at radius 3 is 2.51 bits per heavy atom. The summed E-state index contributed by atoms with van der Waals surface area (Å²) in [6, 6.07) is 25.2. The van der Waals surface area contributed by atoms with Crippen LogP contribution in [0, 0.1) is 6.92 Å². The highest BCUT2D eigenvalue weighted by molar-refractivity contribution is 5.84. The molecule has 0 fully saturated rings. The van der Waals surface area contributed by atoms with Gasteiger partial charge in [-0.05, 0) is 29.7 Å². The van der Waals surface area contributed by atoms with Crippen molar-refractivity contribution in [1.29, 1.82) is 0 Å². The topological polar surface area (TPSA) is 95.8 Å². The Bertz CT molecular complexity index is 1450.